The molecule has 2 heteroatoms. The summed E-state index contributed by atoms with van der Waals surface area (Å²) in [5.74, 6) is 0.211. The van der Waals surface area contributed by atoms with Crippen molar-refractivity contribution < 1.29 is 4.79 Å². The van der Waals surface area contributed by atoms with Gasteiger partial charge in [0.15, 0.2) is 0 Å². The lowest BCUT2D eigenvalue weighted by Gasteiger charge is -2.22. The average Bonchev–Trinajstić information content (AvgIpc) is 3.09. The maximum absolute atomic E-state index is 12.4. The molecular formula is C24H33NO. The summed E-state index contributed by atoms with van der Waals surface area (Å²) in [5.41, 5.74) is 3.37. The summed E-state index contributed by atoms with van der Waals surface area (Å²) < 4.78 is 0. The fraction of sp³-hybridized carbons (Fsp3) is 0.375. The maximum atomic E-state index is 12.4. The summed E-state index contributed by atoms with van der Waals surface area (Å²) in [6, 6.07) is 18.6. The second-order valence-corrected chi connectivity index (χ2v) is 6.56. The van der Waals surface area contributed by atoms with Gasteiger partial charge in [0, 0.05) is 18.2 Å². The highest BCUT2D eigenvalue weighted by Crippen LogP contribution is 2.21. The summed E-state index contributed by atoms with van der Waals surface area (Å²) in [6.07, 6.45) is 4.95. The molecule has 1 aliphatic rings. The van der Waals surface area contributed by atoms with Gasteiger partial charge in [-0.25, -0.2) is 0 Å². The van der Waals surface area contributed by atoms with Crippen molar-refractivity contribution in [1.82, 2.24) is 4.90 Å². The van der Waals surface area contributed by atoms with Crippen LogP contribution in [0.25, 0.3) is 0 Å². The summed E-state index contributed by atoms with van der Waals surface area (Å²) in [4.78, 5) is 14.4. The fourth-order valence-corrected chi connectivity index (χ4v) is 2.96. The van der Waals surface area contributed by atoms with Crippen LogP contribution in [-0.2, 0) is 6.42 Å². The normalized spacial score (nSPS) is 15.2. The van der Waals surface area contributed by atoms with Gasteiger partial charge in [-0.3, -0.25) is 4.79 Å². The molecule has 1 unspecified atom stereocenters. The van der Waals surface area contributed by atoms with Gasteiger partial charge in [-0.1, -0.05) is 67.1 Å². The lowest BCUT2D eigenvalue weighted by molar-refractivity contribution is 0.0746. The van der Waals surface area contributed by atoms with Crippen molar-refractivity contribution in [2.75, 3.05) is 6.54 Å². The van der Waals surface area contributed by atoms with Crippen molar-refractivity contribution in [2.24, 2.45) is 0 Å². The minimum absolute atomic E-state index is 0.211. The molecule has 0 spiro atoms. The number of carbonyl (C=O) groups excluding carboxylic acids is 1. The minimum Gasteiger partial charge on any atom is -0.336 e. The SMILES string of the molecule is C=CC.CCc1ccccc1C(=O)N1CCCC1C.Cc1ccccc1. The monoisotopic (exact) mass is 351 g/mol. The predicted molar refractivity (Wildman–Crippen MR) is 113 cm³/mol. The van der Waals surface area contributed by atoms with Crippen LogP contribution in [0.15, 0.2) is 67.3 Å². The van der Waals surface area contributed by atoms with Crippen molar-refractivity contribution in [2.45, 2.75) is 53.0 Å². The highest BCUT2D eigenvalue weighted by Gasteiger charge is 2.26. The summed E-state index contributed by atoms with van der Waals surface area (Å²) in [7, 11) is 0. The number of hydrogen-bond donors (Lipinski definition) is 0. The van der Waals surface area contributed by atoms with E-state index >= 15 is 0 Å². The fourth-order valence-electron chi connectivity index (χ4n) is 2.96. The third-order valence-corrected chi connectivity index (χ3v) is 4.38. The van der Waals surface area contributed by atoms with Gasteiger partial charge in [0.2, 0.25) is 0 Å². The van der Waals surface area contributed by atoms with Crippen LogP contribution in [0.1, 0.15) is 55.1 Å². The van der Waals surface area contributed by atoms with Crippen LogP contribution in [0.4, 0.5) is 0 Å². The molecule has 3 rings (SSSR count). The molecule has 0 radical (unpaired) electrons. The van der Waals surface area contributed by atoms with Gasteiger partial charge in [0.25, 0.3) is 5.91 Å². The van der Waals surface area contributed by atoms with E-state index in [-0.39, 0.29) is 5.91 Å². The standard InChI is InChI=1S/C14H19NO.C7H8.C3H6/c1-3-12-8-4-5-9-13(12)14(16)15-10-6-7-11(15)2;1-7-5-3-2-4-6-7;1-3-2/h4-5,8-9,11H,3,6-7,10H2,1-2H3;2-6H,1H3;3H,1H2,2H3. The van der Waals surface area contributed by atoms with Crippen LogP contribution in [-0.4, -0.2) is 23.4 Å². The number of hydrogen-bond acceptors (Lipinski definition) is 1. The molecule has 0 N–H and O–H groups in total. The van der Waals surface area contributed by atoms with E-state index in [9.17, 15) is 4.79 Å². The molecule has 0 aromatic heterocycles. The summed E-state index contributed by atoms with van der Waals surface area (Å²) in [6.45, 7) is 12.5. The molecule has 2 aromatic carbocycles. The van der Waals surface area contributed by atoms with Gasteiger partial charge in [-0.2, -0.15) is 0 Å². The Labute approximate surface area is 159 Å². The van der Waals surface area contributed by atoms with E-state index in [1.54, 1.807) is 6.08 Å². The lowest BCUT2D eigenvalue weighted by atomic mass is 10.0. The van der Waals surface area contributed by atoms with E-state index in [0.717, 1.165) is 36.9 Å². The molecule has 1 atom stereocenters. The van der Waals surface area contributed by atoms with E-state index in [1.807, 2.05) is 54.3 Å². The first-order valence-corrected chi connectivity index (χ1v) is 9.52. The van der Waals surface area contributed by atoms with Crippen molar-refractivity contribution >= 4 is 5.91 Å². The summed E-state index contributed by atoms with van der Waals surface area (Å²) in [5, 5.41) is 0. The Morgan fingerprint density at radius 3 is 2.19 bits per heavy atom. The Balaban J connectivity index is 0.000000280. The highest BCUT2D eigenvalue weighted by atomic mass is 16.2. The van der Waals surface area contributed by atoms with Crippen LogP contribution in [0, 0.1) is 6.92 Å². The number of amides is 1. The average molecular weight is 352 g/mol. The first kappa shape index (κ1) is 21.7. The number of allylic oxidation sites excluding steroid dienone is 1. The highest BCUT2D eigenvalue weighted by molar-refractivity contribution is 5.96. The van der Waals surface area contributed by atoms with Crippen LogP contribution >= 0.6 is 0 Å². The molecule has 2 aromatic rings. The van der Waals surface area contributed by atoms with Gasteiger partial charge in [-0.05, 0) is 51.7 Å². The maximum Gasteiger partial charge on any atom is 0.254 e. The zero-order valence-corrected chi connectivity index (χ0v) is 16.7. The second-order valence-electron chi connectivity index (χ2n) is 6.56. The van der Waals surface area contributed by atoms with E-state index < -0.39 is 0 Å². The smallest absolute Gasteiger partial charge is 0.254 e. The van der Waals surface area contributed by atoms with Crippen molar-refractivity contribution in [1.29, 1.82) is 0 Å². The third kappa shape index (κ3) is 6.87. The number of nitrogens with zero attached hydrogens (tertiary/aromatic N) is 1. The van der Waals surface area contributed by atoms with Gasteiger partial charge in [0.05, 0.1) is 0 Å². The van der Waals surface area contributed by atoms with Crippen LogP contribution in [0.5, 0.6) is 0 Å². The van der Waals surface area contributed by atoms with E-state index in [4.69, 9.17) is 0 Å². The Bertz CT molecular complexity index is 663. The zero-order valence-electron chi connectivity index (χ0n) is 16.7. The lowest BCUT2D eigenvalue weighted by Crippen LogP contribution is -2.34. The topological polar surface area (TPSA) is 20.3 Å². The molecule has 1 saturated heterocycles. The van der Waals surface area contributed by atoms with Crippen molar-refractivity contribution in [3.63, 3.8) is 0 Å². The predicted octanol–water partition coefficient (Wildman–Crippen LogP) is 6.06. The van der Waals surface area contributed by atoms with Crippen LogP contribution < -0.4 is 0 Å². The Morgan fingerprint density at radius 2 is 1.73 bits per heavy atom. The second kappa shape index (κ2) is 12.1. The van der Waals surface area contributed by atoms with Crippen LogP contribution in [0.2, 0.25) is 0 Å². The molecule has 2 nitrogen and oxygen atoms in total. The zero-order chi connectivity index (χ0) is 19.4. The Kier molecular flexibility index (Phi) is 10.1. The number of aryl methyl sites for hydroxylation is 2. The number of carbonyl (C=O) groups is 1. The first-order valence-electron chi connectivity index (χ1n) is 9.52. The number of rotatable bonds is 2. The molecule has 0 saturated carbocycles. The molecule has 1 fully saturated rings. The molecule has 140 valence electrons. The Hall–Kier alpha value is -2.35. The quantitative estimate of drug-likeness (QED) is 0.602. The molecule has 0 aliphatic carbocycles. The van der Waals surface area contributed by atoms with Crippen LogP contribution in [0.3, 0.4) is 0 Å². The first-order chi connectivity index (χ1) is 12.5. The van der Waals surface area contributed by atoms with Gasteiger partial charge < -0.3 is 4.90 Å². The summed E-state index contributed by atoms with van der Waals surface area (Å²) >= 11 is 0. The van der Waals surface area contributed by atoms with E-state index in [2.05, 4.69) is 39.5 Å². The third-order valence-electron chi connectivity index (χ3n) is 4.38. The minimum atomic E-state index is 0.211. The number of benzene rings is 2. The molecule has 1 aliphatic heterocycles. The van der Waals surface area contributed by atoms with Gasteiger partial charge in [0.1, 0.15) is 0 Å². The van der Waals surface area contributed by atoms with Gasteiger partial charge in [-0.15, -0.1) is 6.58 Å². The molecule has 26 heavy (non-hydrogen) atoms. The Morgan fingerprint density at radius 1 is 1.15 bits per heavy atom. The largest absolute Gasteiger partial charge is 0.336 e. The van der Waals surface area contributed by atoms with Crippen molar-refractivity contribution in [3.8, 4) is 0 Å². The molecule has 0 bridgehead atoms. The number of likely N-dealkylation sites (tertiary alicyclic amines) is 1. The van der Waals surface area contributed by atoms with E-state index in [0.29, 0.717) is 6.04 Å². The van der Waals surface area contributed by atoms with Gasteiger partial charge >= 0.3 is 0 Å². The molecule has 1 amide bonds. The van der Waals surface area contributed by atoms with Crippen molar-refractivity contribution in [3.05, 3.63) is 83.9 Å². The van der Waals surface area contributed by atoms with E-state index in [1.165, 1.54) is 5.56 Å². The molecule has 1 heterocycles. The molecular weight excluding hydrogens is 318 g/mol.